The molecule has 6 nitrogen and oxygen atoms in total. The summed E-state index contributed by atoms with van der Waals surface area (Å²) >= 11 is 0. The van der Waals surface area contributed by atoms with E-state index in [1.54, 1.807) is 18.3 Å². The number of carboxylic acid groups (broad SMARTS) is 1. The molecule has 2 aromatic carbocycles. The van der Waals surface area contributed by atoms with Gasteiger partial charge in [0.25, 0.3) is 0 Å². The normalized spacial score (nSPS) is 10.4. The molecule has 0 aliphatic rings. The van der Waals surface area contributed by atoms with Gasteiger partial charge in [-0.25, -0.2) is 9.59 Å². The molecule has 3 rings (SSSR count). The molecule has 0 unspecified atom stereocenters. The van der Waals surface area contributed by atoms with Crippen molar-refractivity contribution >= 4 is 28.7 Å². The molecule has 3 aromatic rings. The topological polar surface area (TPSA) is 91.4 Å². The third-order valence-electron chi connectivity index (χ3n) is 3.37. The van der Waals surface area contributed by atoms with Crippen LogP contribution in [0.2, 0.25) is 0 Å². The summed E-state index contributed by atoms with van der Waals surface area (Å²) in [6.45, 7) is 0.113. The van der Waals surface area contributed by atoms with Gasteiger partial charge in [0.1, 0.15) is 6.61 Å². The smallest absolute Gasteiger partial charge is 0.411 e. The summed E-state index contributed by atoms with van der Waals surface area (Å²) in [5.41, 5.74) is 1.73. The summed E-state index contributed by atoms with van der Waals surface area (Å²) in [6.07, 6.45) is 1.000. The van der Waals surface area contributed by atoms with Crippen molar-refractivity contribution in [1.82, 2.24) is 4.98 Å². The van der Waals surface area contributed by atoms with Crippen LogP contribution in [0.5, 0.6) is 0 Å². The molecule has 1 aromatic heterocycles. The highest BCUT2D eigenvalue weighted by atomic mass is 16.5. The highest BCUT2D eigenvalue weighted by molar-refractivity contribution is 6.03. The molecule has 1 heterocycles. The van der Waals surface area contributed by atoms with Crippen LogP contribution in [0.4, 0.5) is 10.5 Å². The summed E-state index contributed by atoms with van der Waals surface area (Å²) < 4.78 is 5.11. The van der Waals surface area contributed by atoms with E-state index in [0.29, 0.717) is 5.52 Å². The number of hydrogen-bond donors (Lipinski definition) is 3. The molecule has 0 aliphatic heterocycles. The van der Waals surface area contributed by atoms with Gasteiger partial charge in [-0.05, 0) is 23.8 Å². The Hall–Kier alpha value is -3.28. The molecular formula is C17H14N2O4. The molecule has 0 fully saturated rings. The molecule has 1 amide bonds. The first-order chi connectivity index (χ1) is 11.1. The maximum absolute atomic E-state index is 11.9. The zero-order chi connectivity index (χ0) is 16.2. The van der Waals surface area contributed by atoms with E-state index in [0.717, 1.165) is 10.9 Å². The number of aromatic nitrogens is 1. The van der Waals surface area contributed by atoms with Crippen LogP contribution in [0.15, 0.2) is 54.7 Å². The molecule has 0 bridgehead atoms. The summed E-state index contributed by atoms with van der Waals surface area (Å²) in [5.74, 6) is -1.13. The van der Waals surface area contributed by atoms with Crippen molar-refractivity contribution in [3.05, 3.63) is 65.9 Å². The summed E-state index contributed by atoms with van der Waals surface area (Å²) in [4.78, 5) is 26.2. The van der Waals surface area contributed by atoms with E-state index in [2.05, 4.69) is 10.3 Å². The van der Waals surface area contributed by atoms with Crippen LogP contribution >= 0.6 is 0 Å². The number of carboxylic acids is 1. The number of aromatic amines is 1. The number of benzene rings is 2. The third-order valence-corrected chi connectivity index (χ3v) is 3.37. The predicted octanol–water partition coefficient (Wildman–Crippen LogP) is 3.61. The van der Waals surface area contributed by atoms with Crippen LogP contribution in [-0.2, 0) is 11.3 Å². The average molecular weight is 310 g/mol. The second-order valence-corrected chi connectivity index (χ2v) is 4.95. The van der Waals surface area contributed by atoms with Crippen molar-refractivity contribution in [3.8, 4) is 0 Å². The lowest BCUT2D eigenvalue weighted by molar-refractivity contribution is 0.0698. The minimum atomic E-state index is -1.13. The average Bonchev–Trinajstić information content (AvgIpc) is 3.00. The lowest BCUT2D eigenvalue weighted by Crippen LogP contribution is -2.16. The van der Waals surface area contributed by atoms with Gasteiger partial charge in [0.05, 0.1) is 11.3 Å². The lowest BCUT2D eigenvalue weighted by Gasteiger charge is -2.10. The van der Waals surface area contributed by atoms with Crippen molar-refractivity contribution in [2.45, 2.75) is 6.61 Å². The number of fused-ring (bicyclic) bond motifs is 1. The highest BCUT2D eigenvalue weighted by Gasteiger charge is 2.15. The Kier molecular flexibility index (Phi) is 3.97. The fourth-order valence-corrected chi connectivity index (χ4v) is 2.25. The van der Waals surface area contributed by atoms with E-state index < -0.39 is 12.1 Å². The number of anilines is 1. The largest absolute Gasteiger partial charge is 0.478 e. The molecule has 116 valence electrons. The van der Waals surface area contributed by atoms with Crippen LogP contribution in [0.3, 0.4) is 0 Å². The van der Waals surface area contributed by atoms with Gasteiger partial charge in [-0.2, -0.15) is 0 Å². The molecule has 0 spiro atoms. The lowest BCUT2D eigenvalue weighted by atomic mass is 10.1. The Bertz CT molecular complexity index is 855. The van der Waals surface area contributed by atoms with Gasteiger partial charge < -0.3 is 14.8 Å². The van der Waals surface area contributed by atoms with Crippen LogP contribution < -0.4 is 5.32 Å². The van der Waals surface area contributed by atoms with Crippen molar-refractivity contribution in [2.75, 3.05) is 5.32 Å². The standard InChI is InChI=1S/C17H14N2O4/c20-16(21)13-9-14-12(6-7-18-14)8-15(13)19-17(22)23-10-11-4-2-1-3-5-11/h1-9,18H,10H2,(H,19,22)(H,20,21). The van der Waals surface area contributed by atoms with Gasteiger partial charge in [0.2, 0.25) is 0 Å². The van der Waals surface area contributed by atoms with Gasteiger partial charge in [-0.15, -0.1) is 0 Å². The molecule has 0 saturated carbocycles. The Morgan fingerprint density at radius 2 is 1.91 bits per heavy atom. The number of rotatable bonds is 4. The van der Waals surface area contributed by atoms with Crippen LogP contribution in [0, 0.1) is 0 Å². The SMILES string of the molecule is O=C(Nc1cc2cc[nH]c2cc1C(=O)O)OCc1ccccc1. The van der Waals surface area contributed by atoms with Crippen molar-refractivity contribution in [2.24, 2.45) is 0 Å². The van der Waals surface area contributed by atoms with Gasteiger partial charge in [0, 0.05) is 17.1 Å². The minimum absolute atomic E-state index is 0.00314. The first kappa shape index (κ1) is 14.6. The first-order valence-corrected chi connectivity index (χ1v) is 6.95. The highest BCUT2D eigenvalue weighted by Crippen LogP contribution is 2.23. The minimum Gasteiger partial charge on any atom is -0.478 e. The van der Waals surface area contributed by atoms with E-state index >= 15 is 0 Å². The van der Waals surface area contributed by atoms with E-state index in [9.17, 15) is 14.7 Å². The van der Waals surface area contributed by atoms with E-state index in [4.69, 9.17) is 4.74 Å². The van der Waals surface area contributed by atoms with E-state index in [1.807, 2.05) is 30.3 Å². The van der Waals surface area contributed by atoms with E-state index in [-0.39, 0.29) is 17.9 Å². The van der Waals surface area contributed by atoms with Gasteiger partial charge in [-0.1, -0.05) is 30.3 Å². The number of hydrogen-bond acceptors (Lipinski definition) is 3. The Labute approximate surface area is 131 Å². The zero-order valence-electron chi connectivity index (χ0n) is 12.1. The predicted molar refractivity (Wildman–Crippen MR) is 85.5 cm³/mol. The van der Waals surface area contributed by atoms with Crippen LogP contribution in [0.1, 0.15) is 15.9 Å². The van der Waals surface area contributed by atoms with E-state index in [1.165, 1.54) is 6.07 Å². The Balaban J connectivity index is 1.76. The molecule has 23 heavy (non-hydrogen) atoms. The molecule has 3 N–H and O–H groups in total. The number of amides is 1. The maximum Gasteiger partial charge on any atom is 0.411 e. The zero-order valence-corrected chi connectivity index (χ0v) is 12.1. The Morgan fingerprint density at radius 1 is 1.13 bits per heavy atom. The number of aromatic carboxylic acids is 1. The van der Waals surface area contributed by atoms with Crippen LogP contribution in [-0.4, -0.2) is 22.2 Å². The molecular weight excluding hydrogens is 296 g/mol. The quantitative estimate of drug-likeness (QED) is 0.686. The molecule has 0 saturated heterocycles. The fraction of sp³-hybridized carbons (Fsp3) is 0.0588. The maximum atomic E-state index is 11.9. The number of ether oxygens (including phenoxy) is 1. The number of nitrogens with one attached hydrogen (secondary N) is 2. The number of H-pyrrole nitrogens is 1. The molecule has 6 heteroatoms. The second-order valence-electron chi connectivity index (χ2n) is 4.95. The van der Waals surface area contributed by atoms with Gasteiger partial charge in [0.15, 0.2) is 0 Å². The van der Waals surface area contributed by atoms with Crippen molar-refractivity contribution in [3.63, 3.8) is 0 Å². The first-order valence-electron chi connectivity index (χ1n) is 6.95. The Morgan fingerprint density at radius 3 is 2.65 bits per heavy atom. The van der Waals surface area contributed by atoms with Gasteiger partial charge >= 0.3 is 12.1 Å². The molecule has 0 radical (unpaired) electrons. The number of carbonyl (C=O) groups is 2. The molecule has 0 atom stereocenters. The van der Waals surface area contributed by atoms with Gasteiger partial charge in [-0.3, -0.25) is 5.32 Å². The fourth-order valence-electron chi connectivity index (χ4n) is 2.25. The monoisotopic (exact) mass is 310 g/mol. The summed E-state index contributed by atoms with van der Waals surface area (Å²) in [5, 5.41) is 12.6. The third kappa shape index (κ3) is 3.32. The van der Waals surface area contributed by atoms with Crippen molar-refractivity contribution in [1.29, 1.82) is 0 Å². The summed E-state index contributed by atoms with van der Waals surface area (Å²) in [6, 6.07) is 14.1. The molecule has 0 aliphatic carbocycles. The van der Waals surface area contributed by atoms with Crippen LogP contribution in [0.25, 0.3) is 10.9 Å². The summed E-state index contributed by atoms with van der Waals surface area (Å²) in [7, 11) is 0. The number of carbonyl (C=O) groups excluding carboxylic acids is 1. The van der Waals surface area contributed by atoms with Crippen molar-refractivity contribution < 1.29 is 19.4 Å². The second kappa shape index (κ2) is 6.23.